The van der Waals surface area contributed by atoms with Gasteiger partial charge in [-0.15, -0.1) is 0 Å². The van der Waals surface area contributed by atoms with Gasteiger partial charge in [0.2, 0.25) is 0 Å². The largest absolute Gasteiger partial charge is 0.498 e. The Morgan fingerprint density at radius 2 is 1.20 bits per heavy atom. The summed E-state index contributed by atoms with van der Waals surface area (Å²) in [5.74, 6) is 0.784. The molecule has 2 fully saturated rings. The molecule has 8 heteroatoms. The maximum Gasteiger partial charge on any atom is 0.498 e. The molecule has 30 heavy (non-hydrogen) atoms. The Morgan fingerprint density at radius 1 is 0.767 bits per heavy atom. The van der Waals surface area contributed by atoms with E-state index in [0.717, 1.165) is 22.7 Å². The molecular weight excluding hydrogens is 394 g/mol. The number of benzene rings is 1. The molecule has 2 aliphatic heterocycles. The summed E-state index contributed by atoms with van der Waals surface area (Å²) in [6.45, 7) is 21.3. The van der Waals surface area contributed by atoms with Crippen LogP contribution in [0.4, 0.5) is 0 Å². The Balaban J connectivity index is 2.14. The maximum atomic E-state index is 6.44. The van der Waals surface area contributed by atoms with Gasteiger partial charge in [0.05, 0.1) is 29.5 Å². The van der Waals surface area contributed by atoms with Gasteiger partial charge < -0.3 is 23.4 Å². The third-order valence-electron chi connectivity index (χ3n) is 7.10. The summed E-state index contributed by atoms with van der Waals surface area (Å²) >= 11 is 0. The monoisotopic (exact) mass is 431 g/mol. The summed E-state index contributed by atoms with van der Waals surface area (Å²) in [6, 6.07) is 5.01. The van der Waals surface area contributed by atoms with E-state index in [1.807, 2.05) is 6.07 Å². The van der Waals surface area contributed by atoms with Crippen molar-refractivity contribution >= 4 is 34.0 Å². The zero-order valence-corrected chi connectivity index (χ0v) is 21.6. The van der Waals surface area contributed by atoms with Crippen LogP contribution in [-0.4, -0.2) is 52.5 Å². The van der Waals surface area contributed by atoms with E-state index in [0.29, 0.717) is 0 Å². The van der Waals surface area contributed by atoms with Gasteiger partial charge in [0.15, 0.2) is 0 Å². The number of ether oxygens (including phenoxy) is 1. The van der Waals surface area contributed by atoms with Crippen molar-refractivity contribution in [1.29, 1.82) is 0 Å². The van der Waals surface area contributed by atoms with Crippen LogP contribution >= 0.6 is 0 Å². The highest BCUT2D eigenvalue weighted by Crippen LogP contribution is 2.39. The highest BCUT2D eigenvalue weighted by atomic mass is 28.3. The third-order valence-corrected chi connectivity index (χ3v) is 8.16. The molecule has 0 aliphatic carbocycles. The van der Waals surface area contributed by atoms with Gasteiger partial charge in [-0.3, -0.25) is 0 Å². The van der Waals surface area contributed by atoms with Crippen LogP contribution in [0, 0.1) is 0 Å². The zero-order valence-electron chi connectivity index (χ0n) is 20.6. The van der Waals surface area contributed by atoms with E-state index < -0.39 is 45.4 Å². The van der Waals surface area contributed by atoms with E-state index in [1.165, 1.54) is 5.56 Å². The molecule has 165 valence electrons. The van der Waals surface area contributed by atoms with Gasteiger partial charge in [-0.25, -0.2) is 0 Å². The molecule has 0 N–H and O–H groups in total. The first kappa shape index (κ1) is 23.9. The molecule has 1 radical (unpaired) electrons. The van der Waals surface area contributed by atoms with Crippen LogP contribution < -0.4 is 15.7 Å². The maximum absolute atomic E-state index is 6.44. The number of rotatable bonds is 5. The molecule has 0 bridgehead atoms. The van der Waals surface area contributed by atoms with Crippen LogP contribution in [0.25, 0.3) is 0 Å². The van der Waals surface area contributed by atoms with Crippen molar-refractivity contribution in [3.05, 3.63) is 17.7 Å². The second-order valence-electron chi connectivity index (χ2n) is 10.8. The first-order chi connectivity index (χ1) is 13.6. The lowest BCUT2D eigenvalue weighted by Crippen LogP contribution is -2.47. The fraction of sp³-hybridized carbons (Fsp3) is 0.727. The van der Waals surface area contributed by atoms with Crippen molar-refractivity contribution in [2.24, 2.45) is 0 Å². The molecule has 1 aromatic rings. The third kappa shape index (κ3) is 4.02. The number of hydrogen-bond donors (Lipinski definition) is 0. The van der Waals surface area contributed by atoms with Crippen LogP contribution in [0.5, 0.6) is 5.75 Å². The summed E-state index contributed by atoms with van der Waals surface area (Å²) in [5, 5.41) is 0. The fourth-order valence-corrected chi connectivity index (χ4v) is 4.90. The van der Waals surface area contributed by atoms with Crippen LogP contribution in [0.1, 0.15) is 61.0 Å². The smallest absolute Gasteiger partial charge is 0.497 e. The Hall–Kier alpha value is -0.793. The molecule has 0 atom stereocenters. The Bertz CT molecular complexity index is 775. The standard InChI is InChI=1S/C22H37B2O5Si/c1-19(2)20(3,4)27-23(26-19)16-12-13-17(25-9)18(15(16)14-30(10)11)24-28-21(5,6)22(7,8)29-24/h12-13H,14H2,1-11H3. The van der Waals surface area contributed by atoms with Crippen LogP contribution in [-0.2, 0) is 24.7 Å². The molecule has 0 amide bonds. The summed E-state index contributed by atoms with van der Waals surface area (Å²) in [4.78, 5) is 0. The van der Waals surface area contributed by atoms with Gasteiger partial charge in [0, 0.05) is 14.3 Å². The lowest BCUT2D eigenvalue weighted by molar-refractivity contribution is 0.00578. The van der Waals surface area contributed by atoms with Gasteiger partial charge in [0.1, 0.15) is 5.75 Å². The van der Waals surface area contributed by atoms with Crippen molar-refractivity contribution in [2.45, 2.75) is 96.9 Å². The quantitative estimate of drug-likeness (QED) is 0.671. The average Bonchev–Trinajstić information content (AvgIpc) is 2.93. The SMILES string of the molecule is COc1ccc(B2OC(C)(C)C(C)(C)O2)c(C[Si](C)C)c1B1OC(C)(C)C(C)(C)O1. The molecule has 5 nitrogen and oxygen atoms in total. The number of methoxy groups -OCH3 is 1. The topological polar surface area (TPSA) is 46.2 Å². The molecule has 3 rings (SSSR count). The average molecular weight is 431 g/mol. The second-order valence-corrected chi connectivity index (χ2v) is 13.6. The minimum absolute atomic E-state index is 0.397. The predicted molar refractivity (Wildman–Crippen MR) is 126 cm³/mol. The Kier molecular flexibility index (Phi) is 6.09. The fourth-order valence-electron chi connectivity index (χ4n) is 3.80. The number of hydrogen-bond acceptors (Lipinski definition) is 5. The van der Waals surface area contributed by atoms with Gasteiger partial charge in [0.25, 0.3) is 0 Å². The summed E-state index contributed by atoms with van der Waals surface area (Å²) in [6.07, 6.45) is 0. The van der Waals surface area contributed by atoms with Crippen LogP contribution in [0.2, 0.25) is 13.1 Å². The highest BCUT2D eigenvalue weighted by Gasteiger charge is 2.55. The lowest BCUT2D eigenvalue weighted by Gasteiger charge is -2.32. The van der Waals surface area contributed by atoms with Crippen molar-refractivity contribution in [3.63, 3.8) is 0 Å². The molecule has 2 saturated heterocycles. The van der Waals surface area contributed by atoms with Crippen molar-refractivity contribution in [3.8, 4) is 5.75 Å². The van der Waals surface area contributed by atoms with E-state index in [2.05, 4.69) is 74.6 Å². The van der Waals surface area contributed by atoms with Gasteiger partial charge >= 0.3 is 14.2 Å². The minimum atomic E-state index is -0.605. The van der Waals surface area contributed by atoms with E-state index in [-0.39, 0.29) is 0 Å². The first-order valence-corrected chi connectivity index (χ1v) is 13.5. The predicted octanol–water partition coefficient (Wildman–Crippen LogP) is 3.13. The zero-order chi connectivity index (χ0) is 22.7. The van der Waals surface area contributed by atoms with Crippen LogP contribution in [0.3, 0.4) is 0 Å². The molecule has 0 spiro atoms. The minimum Gasteiger partial charge on any atom is -0.497 e. The van der Waals surface area contributed by atoms with E-state index in [1.54, 1.807) is 7.11 Å². The van der Waals surface area contributed by atoms with Gasteiger partial charge in [-0.1, -0.05) is 19.2 Å². The first-order valence-electron chi connectivity index (χ1n) is 10.8. The Morgan fingerprint density at radius 3 is 1.60 bits per heavy atom. The summed E-state index contributed by atoms with van der Waals surface area (Å²) in [5.41, 5.74) is 1.54. The molecule has 0 unspecified atom stereocenters. The molecule has 1 aromatic carbocycles. The van der Waals surface area contributed by atoms with E-state index >= 15 is 0 Å². The Labute approximate surface area is 185 Å². The summed E-state index contributed by atoms with van der Waals surface area (Å²) < 4.78 is 31.5. The molecule has 0 saturated carbocycles. The highest BCUT2D eigenvalue weighted by molar-refractivity contribution is 6.69. The molecule has 2 heterocycles. The lowest BCUT2D eigenvalue weighted by atomic mass is 9.67. The van der Waals surface area contributed by atoms with Crippen LogP contribution in [0.15, 0.2) is 12.1 Å². The molecule has 2 aliphatic rings. The van der Waals surface area contributed by atoms with E-state index in [9.17, 15) is 0 Å². The normalized spacial score (nSPS) is 24.0. The molecule has 0 aromatic heterocycles. The van der Waals surface area contributed by atoms with Gasteiger partial charge in [-0.2, -0.15) is 0 Å². The van der Waals surface area contributed by atoms with Crippen molar-refractivity contribution in [1.82, 2.24) is 0 Å². The van der Waals surface area contributed by atoms with Crippen molar-refractivity contribution in [2.75, 3.05) is 7.11 Å². The molecular formula is C22H37B2O5Si. The second kappa shape index (κ2) is 7.66. The van der Waals surface area contributed by atoms with Gasteiger partial charge in [-0.05, 0) is 78.5 Å². The van der Waals surface area contributed by atoms with Crippen molar-refractivity contribution < 1.29 is 23.4 Å². The summed E-state index contributed by atoms with van der Waals surface area (Å²) in [7, 11) is 0.167. The van der Waals surface area contributed by atoms with E-state index in [4.69, 9.17) is 23.4 Å².